The lowest BCUT2D eigenvalue weighted by atomic mass is 10.1. The molecule has 0 aliphatic heterocycles. The van der Waals surface area contributed by atoms with Crippen molar-refractivity contribution >= 4 is 29.4 Å². The molecule has 0 heterocycles. The van der Waals surface area contributed by atoms with E-state index in [4.69, 9.17) is 5.11 Å². The number of benzene rings is 1. The van der Waals surface area contributed by atoms with Crippen LogP contribution in [0.3, 0.4) is 0 Å². The van der Waals surface area contributed by atoms with Gasteiger partial charge in [-0.25, -0.2) is 9.59 Å². The van der Waals surface area contributed by atoms with Crippen LogP contribution in [0.5, 0.6) is 5.75 Å². The van der Waals surface area contributed by atoms with Crippen LogP contribution in [0, 0.1) is 0 Å². The van der Waals surface area contributed by atoms with E-state index < -0.39 is 12.0 Å². The molecule has 2 amide bonds. The minimum absolute atomic E-state index is 0.146. The van der Waals surface area contributed by atoms with Gasteiger partial charge in [0.15, 0.2) is 0 Å². The number of carbonyl (C=O) groups is 2. The van der Waals surface area contributed by atoms with Crippen LogP contribution in [0.2, 0.25) is 0 Å². The Morgan fingerprint density at radius 2 is 2.11 bits per heavy atom. The lowest BCUT2D eigenvalue weighted by Crippen LogP contribution is -2.30. The Balaban J connectivity index is 2.61. The Morgan fingerprint density at radius 3 is 2.74 bits per heavy atom. The van der Waals surface area contributed by atoms with Crippen LogP contribution in [-0.4, -0.2) is 40.8 Å². The normalized spacial score (nSPS) is 9.95. The minimum Gasteiger partial charge on any atom is -0.508 e. The van der Waals surface area contributed by atoms with Crippen LogP contribution in [0.25, 0.3) is 0 Å². The fourth-order valence-electron chi connectivity index (χ4n) is 1.40. The molecule has 0 radical (unpaired) electrons. The van der Waals surface area contributed by atoms with Crippen LogP contribution in [0.4, 0.5) is 10.5 Å². The number of hydrogen-bond acceptors (Lipinski definition) is 4. The molecule has 0 spiro atoms. The van der Waals surface area contributed by atoms with E-state index in [1.807, 2.05) is 6.26 Å². The molecule has 7 heteroatoms. The Hall–Kier alpha value is -1.89. The third-order valence-electron chi connectivity index (χ3n) is 2.29. The summed E-state index contributed by atoms with van der Waals surface area (Å²) in [6.07, 6.45) is 2.83. The number of aromatic carboxylic acids is 1. The molecule has 0 aromatic heterocycles. The van der Waals surface area contributed by atoms with Gasteiger partial charge in [-0.05, 0) is 36.6 Å². The number of carboxylic acid groups (broad SMARTS) is 1. The predicted octanol–water partition coefficient (Wildman–Crippen LogP) is 1.96. The predicted molar refractivity (Wildman–Crippen MR) is 75.1 cm³/mol. The van der Waals surface area contributed by atoms with Gasteiger partial charge < -0.3 is 20.8 Å². The first-order chi connectivity index (χ1) is 9.04. The van der Waals surface area contributed by atoms with Gasteiger partial charge in [-0.3, -0.25) is 0 Å². The van der Waals surface area contributed by atoms with Gasteiger partial charge in [0.1, 0.15) is 5.75 Å². The smallest absolute Gasteiger partial charge is 0.337 e. The highest BCUT2D eigenvalue weighted by Crippen LogP contribution is 2.21. The maximum absolute atomic E-state index is 11.6. The molecule has 19 heavy (non-hydrogen) atoms. The number of phenols is 1. The maximum Gasteiger partial charge on any atom is 0.337 e. The Bertz CT molecular complexity index is 465. The SMILES string of the molecule is CSCCCNC(=O)Nc1ccc(O)cc1C(=O)O. The van der Waals surface area contributed by atoms with E-state index >= 15 is 0 Å². The van der Waals surface area contributed by atoms with Gasteiger partial charge in [0.05, 0.1) is 11.3 Å². The van der Waals surface area contributed by atoms with E-state index in [2.05, 4.69) is 10.6 Å². The summed E-state index contributed by atoms with van der Waals surface area (Å²) >= 11 is 1.69. The van der Waals surface area contributed by atoms with E-state index in [-0.39, 0.29) is 17.0 Å². The third-order valence-corrected chi connectivity index (χ3v) is 2.99. The van der Waals surface area contributed by atoms with Crippen LogP contribution >= 0.6 is 11.8 Å². The van der Waals surface area contributed by atoms with E-state index in [9.17, 15) is 14.7 Å². The largest absolute Gasteiger partial charge is 0.508 e. The molecular weight excluding hydrogens is 268 g/mol. The quantitative estimate of drug-likeness (QED) is 0.473. The zero-order valence-electron chi connectivity index (χ0n) is 10.5. The van der Waals surface area contributed by atoms with Crippen molar-refractivity contribution in [3.05, 3.63) is 23.8 Å². The number of anilines is 1. The van der Waals surface area contributed by atoms with E-state index in [0.29, 0.717) is 6.54 Å². The lowest BCUT2D eigenvalue weighted by Gasteiger charge is -2.10. The average Bonchev–Trinajstić information content (AvgIpc) is 2.36. The van der Waals surface area contributed by atoms with Crippen molar-refractivity contribution in [3.63, 3.8) is 0 Å². The van der Waals surface area contributed by atoms with Crippen molar-refractivity contribution < 1.29 is 19.8 Å². The average molecular weight is 284 g/mol. The van der Waals surface area contributed by atoms with Crippen LogP contribution in [0.15, 0.2) is 18.2 Å². The summed E-state index contributed by atoms with van der Waals surface area (Å²) in [6.45, 7) is 0.521. The molecule has 1 rings (SSSR count). The Kier molecular flexibility index (Phi) is 6.01. The number of aromatic hydroxyl groups is 1. The molecule has 0 aliphatic carbocycles. The van der Waals surface area contributed by atoms with Crippen molar-refractivity contribution in [1.29, 1.82) is 0 Å². The molecule has 0 unspecified atom stereocenters. The van der Waals surface area contributed by atoms with Gasteiger partial charge in [-0.2, -0.15) is 11.8 Å². The Morgan fingerprint density at radius 1 is 1.37 bits per heavy atom. The van der Waals surface area contributed by atoms with Crippen LogP contribution in [0.1, 0.15) is 16.8 Å². The number of carbonyl (C=O) groups excluding carboxylic acids is 1. The molecule has 0 saturated carbocycles. The summed E-state index contributed by atoms with van der Waals surface area (Å²) in [5.74, 6) is -0.434. The first kappa shape index (κ1) is 15.2. The van der Waals surface area contributed by atoms with Gasteiger partial charge in [0, 0.05) is 6.54 Å². The highest BCUT2D eigenvalue weighted by atomic mass is 32.2. The van der Waals surface area contributed by atoms with Gasteiger partial charge >= 0.3 is 12.0 Å². The van der Waals surface area contributed by atoms with Gasteiger partial charge in [-0.15, -0.1) is 0 Å². The number of rotatable bonds is 6. The number of phenolic OH excluding ortho intramolecular Hbond substituents is 1. The standard InChI is InChI=1S/C12H16N2O4S/c1-19-6-2-5-13-12(18)14-10-4-3-8(15)7-9(10)11(16)17/h3-4,7,15H,2,5-6H2,1H3,(H,16,17)(H2,13,14,18). The molecule has 6 nitrogen and oxygen atoms in total. The van der Waals surface area contributed by atoms with E-state index in [1.165, 1.54) is 12.1 Å². The fraction of sp³-hybridized carbons (Fsp3) is 0.333. The minimum atomic E-state index is -1.21. The van der Waals surface area contributed by atoms with E-state index in [1.54, 1.807) is 11.8 Å². The molecule has 0 atom stereocenters. The number of amides is 2. The topological polar surface area (TPSA) is 98.7 Å². The van der Waals surface area contributed by atoms with Gasteiger partial charge in [-0.1, -0.05) is 0 Å². The van der Waals surface area contributed by atoms with E-state index in [0.717, 1.165) is 18.2 Å². The molecule has 1 aromatic carbocycles. The molecule has 4 N–H and O–H groups in total. The first-order valence-corrected chi connectivity index (χ1v) is 7.04. The summed E-state index contributed by atoms with van der Waals surface area (Å²) in [5, 5.41) is 23.3. The highest BCUT2D eigenvalue weighted by Gasteiger charge is 2.13. The van der Waals surface area contributed by atoms with Crippen molar-refractivity contribution in [2.75, 3.05) is 23.9 Å². The zero-order chi connectivity index (χ0) is 14.3. The molecular formula is C12H16N2O4S. The molecule has 0 aliphatic rings. The number of thioether (sulfide) groups is 1. The molecule has 1 aromatic rings. The van der Waals surface area contributed by atoms with Crippen molar-refractivity contribution in [3.8, 4) is 5.75 Å². The molecule has 0 fully saturated rings. The van der Waals surface area contributed by atoms with Gasteiger partial charge in [0.2, 0.25) is 0 Å². The van der Waals surface area contributed by atoms with Crippen LogP contribution < -0.4 is 10.6 Å². The number of carboxylic acids is 1. The second-order valence-corrected chi connectivity index (χ2v) is 4.75. The number of hydrogen-bond donors (Lipinski definition) is 4. The summed E-state index contributed by atoms with van der Waals surface area (Å²) in [6, 6.07) is 3.29. The monoisotopic (exact) mass is 284 g/mol. The number of urea groups is 1. The summed E-state index contributed by atoms with van der Waals surface area (Å²) < 4.78 is 0. The zero-order valence-corrected chi connectivity index (χ0v) is 11.3. The maximum atomic E-state index is 11.6. The second kappa shape index (κ2) is 7.52. The summed E-state index contributed by atoms with van der Waals surface area (Å²) in [5.41, 5.74) is -0.00747. The fourth-order valence-corrected chi connectivity index (χ4v) is 1.84. The van der Waals surface area contributed by atoms with Crippen molar-refractivity contribution in [2.45, 2.75) is 6.42 Å². The van der Waals surface area contributed by atoms with Crippen molar-refractivity contribution in [1.82, 2.24) is 5.32 Å². The summed E-state index contributed by atoms with van der Waals surface area (Å²) in [4.78, 5) is 22.5. The molecule has 0 bridgehead atoms. The van der Waals surface area contributed by atoms with Crippen LogP contribution in [-0.2, 0) is 0 Å². The first-order valence-electron chi connectivity index (χ1n) is 5.64. The lowest BCUT2D eigenvalue weighted by molar-refractivity contribution is 0.0697. The second-order valence-electron chi connectivity index (χ2n) is 3.76. The van der Waals surface area contributed by atoms with Gasteiger partial charge in [0.25, 0.3) is 0 Å². The van der Waals surface area contributed by atoms with Crippen molar-refractivity contribution in [2.24, 2.45) is 0 Å². The molecule has 104 valence electrons. The Labute approximate surface area is 115 Å². The molecule has 0 saturated heterocycles. The highest BCUT2D eigenvalue weighted by molar-refractivity contribution is 7.98. The number of nitrogens with one attached hydrogen (secondary N) is 2. The summed E-state index contributed by atoms with van der Waals surface area (Å²) in [7, 11) is 0. The third kappa shape index (κ3) is 5.09.